The molecule has 49 heavy (non-hydrogen) atoms. The predicted octanol–water partition coefficient (Wildman–Crippen LogP) is 6.84. The Bertz CT molecular complexity index is 2120. The number of benzene rings is 2. The SMILES string of the molecule is N#Cc1c(N)sc2c(F)ccc(-c3c(Cl)c4c5c(nc(OC[C@@]67CCCN6C[C@H](F)C7)nc5c3F)N(CC(F)F)[C@@H](C3CC3C#N)CO4)c12. The zero-order chi connectivity index (χ0) is 34.4. The van der Waals surface area contributed by atoms with Crippen LogP contribution in [0, 0.1) is 46.1 Å². The van der Waals surface area contributed by atoms with Gasteiger partial charge in [-0.3, -0.25) is 4.90 Å². The zero-order valence-corrected chi connectivity index (χ0v) is 27.2. The van der Waals surface area contributed by atoms with Gasteiger partial charge in [0.05, 0.1) is 50.8 Å². The van der Waals surface area contributed by atoms with Crippen LogP contribution < -0.4 is 20.1 Å². The van der Waals surface area contributed by atoms with E-state index in [4.69, 9.17) is 26.8 Å². The number of anilines is 2. The number of aromatic nitrogens is 2. The first-order chi connectivity index (χ1) is 23.5. The summed E-state index contributed by atoms with van der Waals surface area (Å²) in [5.41, 5.74) is 4.79. The highest BCUT2D eigenvalue weighted by atomic mass is 35.5. The largest absolute Gasteiger partial charge is 0.489 e. The number of nitrogens with zero attached hydrogens (tertiary/aromatic N) is 6. The molecule has 0 radical (unpaired) electrons. The molecule has 2 N–H and O–H groups in total. The monoisotopic (exact) mass is 715 g/mol. The van der Waals surface area contributed by atoms with E-state index >= 15 is 4.39 Å². The fraction of sp³-hybridized carbons (Fsp3) is 0.455. The van der Waals surface area contributed by atoms with Crippen LogP contribution in [0.5, 0.6) is 11.8 Å². The summed E-state index contributed by atoms with van der Waals surface area (Å²) in [7, 11) is 0. The number of fused-ring (bicyclic) bond motifs is 2. The minimum absolute atomic E-state index is 0.0144. The highest BCUT2D eigenvalue weighted by Crippen LogP contribution is 2.53. The lowest BCUT2D eigenvalue weighted by molar-refractivity contribution is 0.107. The lowest BCUT2D eigenvalue weighted by atomic mass is 9.95. The first-order valence-electron chi connectivity index (χ1n) is 15.8. The molecule has 2 unspecified atom stereocenters. The second-order valence-electron chi connectivity index (χ2n) is 13.1. The van der Waals surface area contributed by atoms with E-state index in [1.165, 1.54) is 11.0 Å². The number of alkyl halides is 3. The van der Waals surface area contributed by atoms with Gasteiger partial charge in [-0.1, -0.05) is 17.7 Å². The van der Waals surface area contributed by atoms with E-state index in [1.807, 2.05) is 11.0 Å². The number of ether oxygens (including phenoxy) is 2. The Morgan fingerprint density at radius 1 is 1.22 bits per heavy atom. The molecular formula is C33H27ClF5N7O2S. The van der Waals surface area contributed by atoms with Crippen LogP contribution in [0.25, 0.3) is 32.1 Å². The Morgan fingerprint density at radius 3 is 2.78 bits per heavy atom. The molecule has 16 heteroatoms. The molecular weight excluding hydrogens is 689 g/mol. The van der Waals surface area contributed by atoms with Crippen molar-refractivity contribution in [3.05, 3.63) is 34.4 Å². The van der Waals surface area contributed by atoms with Gasteiger partial charge in [0.1, 0.15) is 47.6 Å². The van der Waals surface area contributed by atoms with Crippen LogP contribution >= 0.6 is 22.9 Å². The maximum Gasteiger partial charge on any atom is 0.319 e. The molecule has 1 saturated carbocycles. The van der Waals surface area contributed by atoms with Crippen molar-refractivity contribution in [1.29, 1.82) is 10.5 Å². The number of nitrogen functional groups attached to an aromatic ring is 1. The quantitative estimate of drug-likeness (QED) is 0.205. The van der Waals surface area contributed by atoms with E-state index in [-0.39, 0.29) is 97.4 Å². The summed E-state index contributed by atoms with van der Waals surface area (Å²) in [6.07, 6.45) is -1.70. The second-order valence-corrected chi connectivity index (χ2v) is 14.5. The van der Waals surface area contributed by atoms with Crippen molar-refractivity contribution in [3.63, 3.8) is 0 Å². The fourth-order valence-electron chi connectivity index (χ4n) is 7.96. The standard InChI is InChI=1S/C33H27ClF5N7O2S/c34-25-23(16-2-3-19(36)29-22(16)18(9-41)30(42)49-29)26(39)27-24-28(25)47-12-20(17-6-14(17)8-40)46(11-21(37)38)31(24)44-32(43-27)48-13-33-4-1-5-45(33)10-15(35)7-33/h2-3,14-15,17,20-21H,1,4-7,10-13,42H2/t14?,15-,17?,20-,33+/m1/s1. The maximum atomic E-state index is 17.1. The van der Waals surface area contributed by atoms with Crippen LogP contribution in [0.2, 0.25) is 5.02 Å². The zero-order valence-electron chi connectivity index (χ0n) is 25.7. The molecule has 9 nitrogen and oxygen atoms in total. The smallest absolute Gasteiger partial charge is 0.319 e. The molecule has 4 aromatic rings. The normalized spacial score (nSPS) is 26.1. The molecule has 8 rings (SSSR count). The first-order valence-corrected chi connectivity index (χ1v) is 17.0. The minimum Gasteiger partial charge on any atom is -0.489 e. The molecule has 3 fully saturated rings. The molecule has 0 spiro atoms. The lowest BCUT2D eigenvalue weighted by Gasteiger charge is -2.32. The Morgan fingerprint density at radius 2 is 2.04 bits per heavy atom. The van der Waals surface area contributed by atoms with Crippen molar-refractivity contribution in [3.8, 4) is 35.0 Å². The van der Waals surface area contributed by atoms with Crippen LogP contribution in [0.1, 0.15) is 31.2 Å². The summed E-state index contributed by atoms with van der Waals surface area (Å²) in [6, 6.07) is 5.45. The Labute approximate surface area is 285 Å². The molecule has 0 bridgehead atoms. The molecule has 254 valence electrons. The molecule has 0 amide bonds. The van der Waals surface area contributed by atoms with Gasteiger partial charge in [-0.15, -0.1) is 11.3 Å². The van der Waals surface area contributed by atoms with Gasteiger partial charge in [-0.25, -0.2) is 22.0 Å². The summed E-state index contributed by atoms with van der Waals surface area (Å²) in [6.45, 7) is -0.0566. The van der Waals surface area contributed by atoms with Gasteiger partial charge in [0.15, 0.2) is 11.6 Å². The van der Waals surface area contributed by atoms with E-state index < -0.39 is 48.3 Å². The van der Waals surface area contributed by atoms with Crippen molar-refractivity contribution >= 4 is 54.7 Å². The molecule has 5 atom stereocenters. The van der Waals surface area contributed by atoms with Crippen LogP contribution in [0.3, 0.4) is 0 Å². The minimum atomic E-state index is -2.84. The molecule has 1 aliphatic carbocycles. The average Bonchev–Trinajstić information content (AvgIpc) is 3.53. The fourth-order valence-corrected chi connectivity index (χ4v) is 9.25. The van der Waals surface area contributed by atoms with E-state index in [0.717, 1.165) is 23.8 Å². The number of hydrogen-bond donors (Lipinski definition) is 1. The van der Waals surface area contributed by atoms with Crippen molar-refractivity contribution < 1.29 is 31.4 Å². The number of thiophene rings is 1. The van der Waals surface area contributed by atoms with Gasteiger partial charge >= 0.3 is 6.01 Å². The number of nitriles is 2. The number of nitrogens with two attached hydrogens (primary N) is 1. The highest BCUT2D eigenvalue weighted by Gasteiger charge is 2.51. The average molecular weight is 716 g/mol. The summed E-state index contributed by atoms with van der Waals surface area (Å²) in [5.74, 6) is -2.63. The second kappa shape index (κ2) is 11.7. The van der Waals surface area contributed by atoms with Crippen molar-refractivity contribution in [2.24, 2.45) is 11.8 Å². The summed E-state index contributed by atoms with van der Waals surface area (Å²) < 4.78 is 87.5. The van der Waals surface area contributed by atoms with Gasteiger partial charge in [0, 0.05) is 23.9 Å². The van der Waals surface area contributed by atoms with Crippen LogP contribution in [-0.4, -0.2) is 71.9 Å². The third-order valence-corrected chi connectivity index (χ3v) is 11.7. The maximum absolute atomic E-state index is 17.1. The summed E-state index contributed by atoms with van der Waals surface area (Å²) in [4.78, 5) is 12.3. The van der Waals surface area contributed by atoms with Gasteiger partial charge in [-0.05, 0) is 43.4 Å². The van der Waals surface area contributed by atoms with Crippen LogP contribution in [0.15, 0.2) is 12.1 Å². The summed E-state index contributed by atoms with van der Waals surface area (Å²) >= 11 is 7.78. The van der Waals surface area contributed by atoms with Crippen molar-refractivity contribution in [1.82, 2.24) is 14.9 Å². The molecule has 2 aromatic heterocycles. The van der Waals surface area contributed by atoms with Gasteiger partial charge in [0.25, 0.3) is 6.43 Å². The van der Waals surface area contributed by atoms with Crippen molar-refractivity contribution in [2.45, 2.75) is 49.9 Å². The number of rotatable bonds is 7. The first kappa shape index (κ1) is 32.0. The topological polar surface area (TPSA) is 124 Å². The molecule has 3 aliphatic heterocycles. The van der Waals surface area contributed by atoms with Crippen molar-refractivity contribution in [2.75, 3.05) is 43.5 Å². The van der Waals surface area contributed by atoms with Gasteiger partial charge in [0.2, 0.25) is 0 Å². The van der Waals surface area contributed by atoms with Gasteiger partial charge < -0.3 is 20.1 Å². The van der Waals surface area contributed by atoms with Crippen LogP contribution in [0.4, 0.5) is 32.8 Å². The Kier molecular flexibility index (Phi) is 7.66. The molecule has 5 heterocycles. The third kappa shape index (κ3) is 5.00. The lowest BCUT2D eigenvalue weighted by Crippen LogP contribution is -2.44. The van der Waals surface area contributed by atoms with E-state index in [0.29, 0.717) is 19.4 Å². The molecule has 2 saturated heterocycles. The Hall–Kier alpha value is -4.18. The predicted molar refractivity (Wildman–Crippen MR) is 173 cm³/mol. The van der Waals surface area contributed by atoms with E-state index in [9.17, 15) is 28.1 Å². The highest BCUT2D eigenvalue weighted by molar-refractivity contribution is 7.23. The van der Waals surface area contributed by atoms with E-state index in [2.05, 4.69) is 16.0 Å². The van der Waals surface area contributed by atoms with Crippen LogP contribution in [-0.2, 0) is 0 Å². The van der Waals surface area contributed by atoms with E-state index in [1.54, 1.807) is 0 Å². The third-order valence-electron chi connectivity index (χ3n) is 10.3. The molecule has 2 aromatic carbocycles. The summed E-state index contributed by atoms with van der Waals surface area (Å²) in [5, 5.41) is 19.2. The number of halogens is 6. The Balaban J connectivity index is 1.36. The number of hydrogen-bond acceptors (Lipinski definition) is 10. The van der Waals surface area contributed by atoms with Gasteiger partial charge in [-0.2, -0.15) is 20.5 Å². The molecule has 4 aliphatic rings.